The molecule has 0 radical (unpaired) electrons. The Morgan fingerprint density at radius 3 is 2.94 bits per heavy atom. The van der Waals surface area contributed by atoms with Gasteiger partial charge in [-0.1, -0.05) is 11.6 Å². The summed E-state index contributed by atoms with van der Waals surface area (Å²) in [5, 5.41) is 0.470. The molecule has 0 aromatic heterocycles. The van der Waals surface area contributed by atoms with E-state index in [2.05, 4.69) is 0 Å². The van der Waals surface area contributed by atoms with E-state index in [1.54, 1.807) is 13.2 Å². The number of fused-ring (bicyclic) bond motifs is 1. The van der Waals surface area contributed by atoms with Crippen molar-refractivity contribution in [3.8, 4) is 17.2 Å². The number of carbonyl (C=O) groups excluding carboxylic acids is 1. The number of aldehydes is 1. The number of halogens is 1. The van der Waals surface area contributed by atoms with E-state index in [0.29, 0.717) is 48.3 Å². The Morgan fingerprint density at radius 1 is 1.47 bits per heavy atom. The summed E-state index contributed by atoms with van der Waals surface area (Å²) in [6.07, 6.45) is 1.78. The lowest BCUT2D eigenvalue weighted by Gasteiger charge is -2.23. The maximum atomic E-state index is 10.5. The van der Waals surface area contributed by atoms with Crippen molar-refractivity contribution in [3.63, 3.8) is 0 Å². The van der Waals surface area contributed by atoms with Crippen molar-refractivity contribution >= 4 is 17.9 Å². The molecule has 92 valence electrons. The molecule has 1 aliphatic heterocycles. The normalized spacial score (nSPS) is 13.3. The van der Waals surface area contributed by atoms with Crippen LogP contribution >= 0.6 is 11.6 Å². The lowest BCUT2D eigenvalue weighted by atomic mass is 10.1. The van der Waals surface area contributed by atoms with E-state index in [0.717, 1.165) is 11.8 Å². The first kappa shape index (κ1) is 12.0. The second-order valence-electron chi connectivity index (χ2n) is 3.60. The molecule has 0 saturated heterocycles. The van der Waals surface area contributed by atoms with Gasteiger partial charge in [0.25, 0.3) is 0 Å². The number of methoxy groups -OCH3 is 1. The van der Waals surface area contributed by atoms with Crippen LogP contribution in [-0.4, -0.2) is 26.6 Å². The molecule has 1 heterocycles. The number of hydrogen-bond acceptors (Lipinski definition) is 4. The molecule has 0 bridgehead atoms. The van der Waals surface area contributed by atoms with E-state index in [1.165, 1.54) is 0 Å². The van der Waals surface area contributed by atoms with Gasteiger partial charge in [0.15, 0.2) is 11.5 Å². The van der Waals surface area contributed by atoms with Crippen molar-refractivity contribution in [1.29, 1.82) is 0 Å². The zero-order valence-electron chi connectivity index (χ0n) is 9.49. The molecule has 0 atom stereocenters. The molecule has 0 N–H and O–H groups in total. The number of hydrogen-bond donors (Lipinski definition) is 0. The van der Waals surface area contributed by atoms with Crippen LogP contribution in [0.15, 0.2) is 6.07 Å². The molecule has 0 amide bonds. The fraction of sp³-hybridized carbons (Fsp3) is 0.417. The number of ether oxygens (including phenoxy) is 3. The molecule has 0 aliphatic carbocycles. The summed E-state index contributed by atoms with van der Waals surface area (Å²) in [6.45, 7) is 0.995. The number of benzene rings is 1. The predicted molar refractivity (Wildman–Crippen MR) is 63.4 cm³/mol. The zero-order chi connectivity index (χ0) is 12.3. The van der Waals surface area contributed by atoms with E-state index < -0.39 is 0 Å². The molecule has 1 aromatic rings. The number of carbonyl (C=O) groups is 1. The molecule has 2 rings (SSSR count). The third kappa shape index (κ3) is 2.31. The molecule has 0 unspecified atom stereocenters. The molecule has 17 heavy (non-hydrogen) atoms. The van der Waals surface area contributed by atoms with Gasteiger partial charge in [0, 0.05) is 18.1 Å². The first-order chi connectivity index (χ1) is 8.27. The SMILES string of the molecule is COc1c(Cl)cc2c(c1CCC=O)OCCO2. The minimum absolute atomic E-state index is 0.395. The van der Waals surface area contributed by atoms with Gasteiger partial charge in [-0.3, -0.25) is 0 Å². The Balaban J connectivity index is 2.48. The lowest BCUT2D eigenvalue weighted by Crippen LogP contribution is -2.17. The van der Waals surface area contributed by atoms with Crippen molar-refractivity contribution in [3.05, 3.63) is 16.7 Å². The highest BCUT2D eigenvalue weighted by Crippen LogP contribution is 2.44. The van der Waals surface area contributed by atoms with Crippen molar-refractivity contribution in [2.45, 2.75) is 12.8 Å². The van der Waals surface area contributed by atoms with Gasteiger partial charge in [-0.2, -0.15) is 0 Å². The first-order valence-electron chi connectivity index (χ1n) is 5.36. The molecule has 4 nitrogen and oxygen atoms in total. The standard InChI is InChI=1S/C12H13ClO4/c1-15-11-8(3-2-4-14)12-10(7-9(11)13)16-5-6-17-12/h4,7H,2-3,5-6H2,1H3. The van der Waals surface area contributed by atoms with Crippen LogP contribution in [0.5, 0.6) is 17.2 Å². The average Bonchev–Trinajstić information content (AvgIpc) is 2.35. The van der Waals surface area contributed by atoms with E-state index in [-0.39, 0.29) is 0 Å². The molecule has 0 fully saturated rings. The second-order valence-corrected chi connectivity index (χ2v) is 4.01. The average molecular weight is 257 g/mol. The van der Waals surface area contributed by atoms with Crippen molar-refractivity contribution in [2.24, 2.45) is 0 Å². The van der Waals surface area contributed by atoms with Crippen LogP contribution in [0.25, 0.3) is 0 Å². The van der Waals surface area contributed by atoms with Crippen LogP contribution < -0.4 is 14.2 Å². The van der Waals surface area contributed by atoms with E-state index in [9.17, 15) is 4.79 Å². The van der Waals surface area contributed by atoms with Gasteiger partial charge >= 0.3 is 0 Å². The van der Waals surface area contributed by atoms with Crippen LogP contribution in [0.3, 0.4) is 0 Å². The summed E-state index contributed by atoms with van der Waals surface area (Å²) < 4.78 is 16.3. The van der Waals surface area contributed by atoms with Gasteiger partial charge in [-0.25, -0.2) is 0 Å². The highest BCUT2D eigenvalue weighted by atomic mass is 35.5. The predicted octanol–water partition coefficient (Wildman–Crippen LogP) is 2.25. The summed E-state index contributed by atoms with van der Waals surface area (Å²) in [7, 11) is 1.54. The van der Waals surface area contributed by atoms with Gasteiger partial charge in [-0.05, 0) is 6.42 Å². The molecule has 1 aromatic carbocycles. The van der Waals surface area contributed by atoms with Crippen LogP contribution in [-0.2, 0) is 11.2 Å². The Kier molecular flexibility index (Phi) is 3.74. The van der Waals surface area contributed by atoms with Gasteiger partial charge in [0.2, 0.25) is 0 Å². The summed E-state index contributed by atoms with van der Waals surface area (Å²) in [6, 6.07) is 1.68. The molecule has 0 spiro atoms. The molecule has 1 aliphatic rings. The third-order valence-corrected chi connectivity index (χ3v) is 2.83. The zero-order valence-corrected chi connectivity index (χ0v) is 10.3. The number of rotatable bonds is 4. The first-order valence-corrected chi connectivity index (χ1v) is 5.74. The Labute approximate surface area is 104 Å². The topological polar surface area (TPSA) is 44.8 Å². The summed E-state index contributed by atoms with van der Waals surface area (Å²) >= 11 is 6.10. The highest BCUT2D eigenvalue weighted by Gasteiger charge is 2.22. The molecule has 0 saturated carbocycles. The third-order valence-electron chi connectivity index (χ3n) is 2.55. The van der Waals surface area contributed by atoms with E-state index >= 15 is 0 Å². The smallest absolute Gasteiger partial charge is 0.168 e. The fourth-order valence-corrected chi connectivity index (χ4v) is 2.14. The van der Waals surface area contributed by atoms with Gasteiger partial charge in [-0.15, -0.1) is 0 Å². The van der Waals surface area contributed by atoms with Crippen molar-refractivity contribution < 1.29 is 19.0 Å². The Morgan fingerprint density at radius 2 is 2.24 bits per heavy atom. The summed E-state index contributed by atoms with van der Waals surface area (Å²) in [5.74, 6) is 1.81. The van der Waals surface area contributed by atoms with Gasteiger partial charge in [0.1, 0.15) is 25.2 Å². The molecule has 5 heteroatoms. The monoisotopic (exact) mass is 256 g/mol. The van der Waals surface area contributed by atoms with Crippen LogP contribution in [0.1, 0.15) is 12.0 Å². The molecular weight excluding hydrogens is 244 g/mol. The maximum Gasteiger partial charge on any atom is 0.168 e. The minimum Gasteiger partial charge on any atom is -0.495 e. The highest BCUT2D eigenvalue weighted by molar-refractivity contribution is 6.32. The maximum absolute atomic E-state index is 10.5. The van der Waals surface area contributed by atoms with Gasteiger partial charge in [0.05, 0.1) is 12.1 Å². The Hall–Kier alpha value is -1.42. The minimum atomic E-state index is 0.395. The van der Waals surface area contributed by atoms with Crippen LogP contribution in [0.2, 0.25) is 5.02 Å². The largest absolute Gasteiger partial charge is 0.495 e. The van der Waals surface area contributed by atoms with Crippen LogP contribution in [0.4, 0.5) is 0 Å². The quantitative estimate of drug-likeness (QED) is 0.775. The van der Waals surface area contributed by atoms with E-state index in [4.69, 9.17) is 25.8 Å². The summed E-state index contributed by atoms with van der Waals surface area (Å²) in [4.78, 5) is 10.5. The Bertz CT molecular complexity index is 431. The lowest BCUT2D eigenvalue weighted by molar-refractivity contribution is -0.107. The van der Waals surface area contributed by atoms with Crippen molar-refractivity contribution in [2.75, 3.05) is 20.3 Å². The molecular formula is C12H13ClO4. The fourth-order valence-electron chi connectivity index (χ4n) is 1.85. The van der Waals surface area contributed by atoms with E-state index in [1.807, 2.05) is 0 Å². The van der Waals surface area contributed by atoms with Crippen molar-refractivity contribution in [1.82, 2.24) is 0 Å². The second kappa shape index (κ2) is 5.27. The van der Waals surface area contributed by atoms with Crippen LogP contribution in [0, 0.1) is 0 Å². The van der Waals surface area contributed by atoms with Gasteiger partial charge < -0.3 is 19.0 Å². The summed E-state index contributed by atoms with van der Waals surface area (Å²) in [5.41, 5.74) is 0.793.